The van der Waals surface area contributed by atoms with E-state index in [2.05, 4.69) is 59.2 Å². The fourth-order valence-corrected chi connectivity index (χ4v) is 2.72. The third-order valence-corrected chi connectivity index (χ3v) is 3.36. The second-order valence-electron chi connectivity index (χ2n) is 4.48. The summed E-state index contributed by atoms with van der Waals surface area (Å²) in [5, 5.41) is 3.54. The van der Waals surface area contributed by atoms with Crippen LogP contribution in [0.25, 0.3) is 0 Å². The Morgan fingerprint density at radius 1 is 1.47 bits per heavy atom. The van der Waals surface area contributed by atoms with Crippen LogP contribution in [-0.4, -0.2) is 20.1 Å². The maximum absolute atomic E-state index is 3.55. The summed E-state index contributed by atoms with van der Waals surface area (Å²) in [6.07, 6.45) is 0. The molecule has 0 bridgehead atoms. The fraction of sp³-hybridized carbons (Fsp3) is 0.500. The van der Waals surface area contributed by atoms with Gasteiger partial charge in [0.05, 0.1) is 11.4 Å². The smallest absolute Gasteiger partial charge is 0.0613 e. The predicted molar refractivity (Wildman–Crippen MR) is 69.8 cm³/mol. The minimum atomic E-state index is 0.681. The number of nitrogens with zero attached hydrogens (tertiary/aromatic N) is 1. The lowest BCUT2D eigenvalue weighted by atomic mass is 10.1. The largest absolute Gasteiger partial charge is 0.383 e. The van der Waals surface area contributed by atoms with E-state index in [0.717, 1.165) is 17.6 Å². The monoisotopic (exact) mass is 268 g/mol. The van der Waals surface area contributed by atoms with E-state index in [4.69, 9.17) is 0 Å². The lowest BCUT2D eigenvalue weighted by molar-refractivity contribution is 0.618. The molecule has 0 radical (unpaired) electrons. The molecule has 0 aliphatic carbocycles. The molecule has 2 rings (SSSR count). The van der Waals surface area contributed by atoms with Gasteiger partial charge in [-0.15, -0.1) is 0 Å². The summed E-state index contributed by atoms with van der Waals surface area (Å²) < 4.78 is 1.15. The van der Waals surface area contributed by atoms with E-state index in [-0.39, 0.29) is 0 Å². The summed E-state index contributed by atoms with van der Waals surface area (Å²) in [7, 11) is 2.16. The number of hydrogen-bond acceptors (Lipinski definition) is 2. The molecule has 1 atom stereocenters. The van der Waals surface area contributed by atoms with Gasteiger partial charge in [0.2, 0.25) is 0 Å². The highest BCUT2D eigenvalue weighted by atomic mass is 79.9. The molecule has 1 aromatic rings. The second kappa shape index (κ2) is 4.05. The zero-order valence-electron chi connectivity index (χ0n) is 9.47. The predicted octanol–water partition coefficient (Wildman–Crippen LogP) is 3.26. The summed E-state index contributed by atoms with van der Waals surface area (Å²) in [6, 6.07) is 4.35. The SMILES string of the molecule is Cc1cc(Br)cc2c1NCC(C)CN2C. The van der Waals surface area contributed by atoms with E-state index < -0.39 is 0 Å². The van der Waals surface area contributed by atoms with Crippen molar-refractivity contribution >= 4 is 27.3 Å². The van der Waals surface area contributed by atoms with E-state index in [1.54, 1.807) is 0 Å². The summed E-state index contributed by atoms with van der Waals surface area (Å²) in [4.78, 5) is 2.33. The van der Waals surface area contributed by atoms with Crippen LogP contribution in [0.2, 0.25) is 0 Å². The van der Waals surface area contributed by atoms with Crippen LogP contribution in [0.4, 0.5) is 11.4 Å². The van der Waals surface area contributed by atoms with Gasteiger partial charge in [-0.3, -0.25) is 0 Å². The standard InChI is InChI=1S/C12H17BrN2/c1-8-6-14-12-9(2)4-10(13)5-11(12)15(3)7-8/h4-5,8,14H,6-7H2,1-3H3. The van der Waals surface area contributed by atoms with Gasteiger partial charge in [-0.25, -0.2) is 0 Å². The van der Waals surface area contributed by atoms with Gasteiger partial charge in [0.25, 0.3) is 0 Å². The molecule has 0 saturated heterocycles. The molecule has 0 saturated carbocycles. The minimum absolute atomic E-state index is 0.681. The van der Waals surface area contributed by atoms with E-state index >= 15 is 0 Å². The minimum Gasteiger partial charge on any atom is -0.383 e. The number of rotatable bonds is 0. The molecule has 0 amide bonds. The lowest BCUT2D eigenvalue weighted by Crippen LogP contribution is -2.23. The number of anilines is 2. The van der Waals surface area contributed by atoms with Crippen LogP contribution in [0.3, 0.4) is 0 Å². The summed E-state index contributed by atoms with van der Waals surface area (Å²) in [5.74, 6) is 0.681. The topological polar surface area (TPSA) is 15.3 Å². The Morgan fingerprint density at radius 2 is 2.20 bits per heavy atom. The van der Waals surface area contributed by atoms with Gasteiger partial charge in [-0.05, 0) is 30.5 Å². The summed E-state index contributed by atoms with van der Waals surface area (Å²) in [5.41, 5.74) is 3.89. The zero-order valence-corrected chi connectivity index (χ0v) is 11.1. The molecule has 1 aliphatic rings. The average molecular weight is 269 g/mol. The van der Waals surface area contributed by atoms with E-state index in [1.165, 1.54) is 16.9 Å². The third-order valence-electron chi connectivity index (χ3n) is 2.90. The van der Waals surface area contributed by atoms with Gasteiger partial charge in [0.15, 0.2) is 0 Å². The third kappa shape index (κ3) is 2.12. The van der Waals surface area contributed by atoms with Gasteiger partial charge in [-0.1, -0.05) is 22.9 Å². The van der Waals surface area contributed by atoms with Crippen molar-refractivity contribution in [3.63, 3.8) is 0 Å². The van der Waals surface area contributed by atoms with Crippen LogP contribution in [0, 0.1) is 12.8 Å². The number of benzene rings is 1. The van der Waals surface area contributed by atoms with Crippen LogP contribution in [0.1, 0.15) is 12.5 Å². The summed E-state index contributed by atoms with van der Waals surface area (Å²) >= 11 is 3.55. The van der Waals surface area contributed by atoms with E-state index in [9.17, 15) is 0 Å². The number of halogens is 1. The first-order chi connectivity index (χ1) is 7.08. The van der Waals surface area contributed by atoms with E-state index in [0.29, 0.717) is 5.92 Å². The van der Waals surface area contributed by atoms with Crippen LogP contribution in [0.5, 0.6) is 0 Å². The lowest BCUT2D eigenvalue weighted by Gasteiger charge is -2.21. The Morgan fingerprint density at radius 3 is 2.93 bits per heavy atom. The quantitative estimate of drug-likeness (QED) is 0.777. The molecule has 1 N–H and O–H groups in total. The fourth-order valence-electron chi connectivity index (χ4n) is 2.16. The number of nitrogens with one attached hydrogen (secondary N) is 1. The van der Waals surface area contributed by atoms with Crippen molar-refractivity contribution in [3.05, 3.63) is 22.2 Å². The second-order valence-corrected chi connectivity index (χ2v) is 5.40. The molecule has 2 nitrogen and oxygen atoms in total. The average Bonchev–Trinajstić information content (AvgIpc) is 2.27. The van der Waals surface area contributed by atoms with Crippen molar-refractivity contribution in [1.29, 1.82) is 0 Å². The van der Waals surface area contributed by atoms with Gasteiger partial charge in [0, 0.05) is 24.6 Å². The Balaban J connectivity index is 2.48. The molecule has 0 fully saturated rings. The molecule has 0 aromatic heterocycles. The van der Waals surface area contributed by atoms with Gasteiger partial charge < -0.3 is 10.2 Å². The summed E-state index contributed by atoms with van der Waals surface area (Å²) in [6.45, 7) is 6.59. The maximum Gasteiger partial charge on any atom is 0.0613 e. The molecule has 15 heavy (non-hydrogen) atoms. The highest BCUT2D eigenvalue weighted by Crippen LogP contribution is 2.34. The molecule has 1 unspecified atom stereocenters. The van der Waals surface area contributed by atoms with Crippen molar-refractivity contribution in [2.24, 2.45) is 5.92 Å². The van der Waals surface area contributed by atoms with Crippen LogP contribution in [0.15, 0.2) is 16.6 Å². The first kappa shape index (κ1) is 10.8. The van der Waals surface area contributed by atoms with Crippen LogP contribution < -0.4 is 10.2 Å². The molecule has 1 aromatic carbocycles. The number of hydrogen-bond donors (Lipinski definition) is 1. The van der Waals surface area contributed by atoms with Crippen molar-refractivity contribution in [1.82, 2.24) is 0 Å². The highest BCUT2D eigenvalue weighted by Gasteiger charge is 2.17. The van der Waals surface area contributed by atoms with Crippen LogP contribution in [-0.2, 0) is 0 Å². The maximum atomic E-state index is 3.55. The molecule has 82 valence electrons. The molecule has 1 heterocycles. The van der Waals surface area contributed by atoms with E-state index in [1.807, 2.05) is 0 Å². The number of fused-ring (bicyclic) bond motifs is 1. The van der Waals surface area contributed by atoms with Gasteiger partial charge in [0.1, 0.15) is 0 Å². The van der Waals surface area contributed by atoms with Crippen molar-refractivity contribution in [2.75, 3.05) is 30.4 Å². The first-order valence-electron chi connectivity index (χ1n) is 5.33. The van der Waals surface area contributed by atoms with Gasteiger partial charge in [-0.2, -0.15) is 0 Å². The Labute approximate surface area is 99.8 Å². The van der Waals surface area contributed by atoms with Crippen molar-refractivity contribution in [2.45, 2.75) is 13.8 Å². The van der Waals surface area contributed by atoms with Crippen molar-refractivity contribution in [3.8, 4) is 0 Å². The van der Waals surface area contributed by atoms with Crippen LogP contribution >= 0.6 is 15.9 Å². The molecular formula is C12H17BrN2. The molecular weight excluding hydrogens is 252 g/mol. The molecule has 3 heteroatoms. The Kier molecular flexibility index (Phi) is 2.91. The molecule has 0 spiro atoms. The number of aryl methyl sites for hydroxylation is 1. The van der Waals surface area contributed by atoms with Gasteiger partial charge >= 0.3 is 0 Å². The Hall–Kier alpha value is -0.700. The normalized spacial score (nSPS) is 20.5. The highest BCUT2D eigenvalue weighted by molar-refractivity contribution is 9.10. The molecule has 1 aliphatic heterocycles. The Bertz CT molecular complexity index is 376. The first-order valence-corrected chi connectivity index (χ1v) is 6.12. The van der Waals surface area contributed by atoms with Crippen molar-refractivity contribution < 1.29 is 0 Å². The zero-order chi connectivity index (χ0) is 11.0.